The van der Waals surface area contributed by atoms with E-state index < -0.39 is 42.8 Å². The van der Waals surface area contributed by atoms with Crippen LogP contribution in [0.5, 0.6) is 0 Å². The van der Waals surface area contributed by atoms with Crippen molar-refractivity contribution in [1.82, 2.24) is 0 Å². The van der Waals surface area contributed by atoms with Crippen LogP contribution in [0, 0.1) is 18.6 Å². The molecule has 19 heavy (non-hydrogen) atoms. The smallest absolute Gasteiger partial charge is 0.184 e. The monoisotopic (exact) mass is 278 g/mol. The Balaban J connectivity index is 0.000000191. The topological polar surface area (TPSA) is 90.2 Å². The lowest BCUT2D eigenvalue weighted by Gasteiger charge is -2.09. The zero-order valence-corrected chi connectivity index (χ0v) is 10.2. The van der Waals surface area contributed by atoms with Crippen molar-refractivity contribution in [3.05, 3.63) is 35.4 Å². The van der Waals surface area contributed by atoms with Crippen molar-refractivity contribution in [2.45, 2.75) is 31.5 Å². The summed E-state index contributed by atoms with van der Waals surface area (Å²) >= 11 is 0. The third kappa shape index (κ3) is 4.19. The standard InChI is InChI=1S/C7H6F2.C5H10O5/c1-5-2-3-6(8)4-7(5)9;6-1-2-3(7)4(8)5(9)10-2/h2-4H,1H3;2-9H,1H2/t;2-,3-,4-,5?/m.1/s1. The van der Waals surface area contributed by atoms with Gasteiger partial charge in [0.05, 0.1) is 6.61 Å². The number of aliphatic hydroxyl groups is 4. The minimum absolute atomic E-state index is 0.407. The molecule has 0 spiro atoms. The highest BCUT2D eigenvalue weighted by molar-refractivity contribution is 5.16. The highest BCUT2D eigenvalue weighted by atomic mass is 19.1. The van der Waals surface area contributed by atoms with Gasteiger partial charge in [-0.2, -0.15) is 0 Å². The zero-order chi connectivity index (χ0) is 14.6. The lowest BCUT2D eigenvalue weighted by molar-refractivity contribution is -0.132. The number of rotatable bonds is 1. The Morgan fingerprint density at radius 2 is 1.79 bits per heavy atom. The molecule has 0 radical (unpaired) electrons. The van der Waals surface area contributed by atoms with Gasteiger partial charge in [0.2, 0.25) is 0 Å². The fourth-order valence-corrected chi connectivity index (χ4v) is 1.45. The highest BCUT2D eigenvalue weighted by Gasteiger charge is 2.41. The molecule has 108 valence electrons. The van der Waals surface area contributed by atoms with Crippen molar-refractivity contribution >= 4 is 0 Å². The molecule has 2 rings (SSSR count). The summed E-state index contributed by atoms with van der Waals surface area (Å²) in [5, 5.41) is 35.0. The number of aliphatic hydroxyl groups excluding tert-OH is 4. The van der Waals surface area contributed by atoms with Crippen LogP contribution >= 0.6 is 0 Å². The van der Waals surface area contributed by atoms with Crippen LogP contribution in [0.15, 0.2) is 18.2 Å². The van der Waals surface area contributed by atoms with E-state index in [4.69, 9.17) is 20.4 Å². The summed E-state index contributed by atoms with van der Waals surface area (Å²) in [6.07, 6.45) is -4.76. The number of hydrogen-bond acceptors (Lipinski definition) is 5. The van der Waals surface area contributed by atoms with Crippen LogP contribution in [-0.2, 0) is 4.74 Å². The van der Waals surface area contributed by atoms with Crippen molar-refractivity contribution in [1.29, 1.82) is 0 Å². The van der Waals surface area contributed by atoms with E-state index in [-0.39, 0.29) is 0 Å². The zero-order valence-electron chi connectivity index (χ0n) is 10.2. The molecule has 1 aromatic rings. The van der Waals surface area contributed by atoms with Crippen LogP contribution in [0.1, 0.15) is 5.56 Å². The summed E-state index contributed by atoms with van der Waals surface area (Å²) in [5.41, 5.74) is 0.469. The van der Waals surface area contributed by atoms with E-state index in [1.54, 1.807) is 6.92 Å². The van der Waals surface area contributed by atoms with Crippen LogP contribution in [0.3, 0.4) is 0 Å². The predicted molar refractivity (Wildman–Crippen MR) is 61.1 cm³/mol. The molecule has 1 saturated heterocycles. The summed E-state index contributed by atoms with van der Waals surface area (Å²) in [4.78, 5) is 0. The Labute approximate surface area is 108 Å². The van der Waals surface area contributed by atoms with Gasteiger partial charge in [-0.1, -0.05) is 6.07 Å². The van der Waals surface area contributed by atoms with Gasteiger partial charge < -0.3 is 25.2 Å². The molecule has 1 heterocycles. The van der Waals surface area contributed by atoms with E-state index in [0.717, 1.165) is 6.07 Å². The van der Waals surface area contributed by atoms with Gasteiger partial charge in [-0.05, 0) is 18.6 Å². The molecular weight excluding hydrogens is 262 g/mol. The Morgan fingerprint density at radius 1 is 1.16 bits per heavy atom. The summed E-state index contributed by atoms with van der Waals surface area (Å²) < 4.78 is 29.0. The molecule has 5 nitrogen and oxygen atoms in total. The number of benzene rings is 1. The van der Waals surface area contributed by atoms with Crippen molar-refractivity contribution < 1.29 is 33.9 Å². The van der Waals surface area contributed by atoms with Gasteiger partial charge in [-0.25, -0.2) is 8.78 Å². The lowest BCUT2D eigenvalue weighted by atomic mass is 10.1. The third-order valence-electron chi connectivity index (χ3n) is 2.65. The molecule has 0 amide bonds. The molecule has 0 aromatic heterocycles. The third-order valence-corrected chi connectivity index (χ3v) is 2.65. The number of ether oxygens (including phenoxy) is 1. The summed E-state index contributed by atoms with van der Waals surface area (Å²) in [7, 11) is 0. The first-order chi connectivity index (χ1) is 8.86. The van der Waals surface area contributed by atoms with E-state index in [9.17, 15) is 8.78 Å². The first-order valence-electron chi connectivity index (χ1n) is 5.59. The van der Waals surface area contributed by atoms with Crippen LogP contribution < -0.4 is 0 Å². The maximum Gasteiger partial charge on any atom is 0.184 e. The molecule has 7 heteroatoms. The van der Waals surface area contributed by atoms with Crippen LogP contribution in [-0.4, -0.2) is 51.6 Å². The summed E-state index contributed by atoms with van der Waals surface area (Å²) in [5.74, 6) is -1.02. The van der Waals surface area contributed by atoms with Gasteiger partial charge in [0.25, 0.3) is 0 Å². The first-order valence-corrected chi connectivity index (χ1v) is 5.59. The Morgan fingerprint density at radius 3 is 2.11 bits per heavy atom. The van der Waals surface area contributed by atoms with E-state index >= 15 is 0 Å². The number of aryl methyl sites for hydroxylation is 1. The molecule has 1 aromatic carbocycles. The van der Waals surface area contributed by atoms with Crippen molar-refractivity contribution in [3.63, 3.8) is 0 Å². The van der Waals surface area contributed by atoms with Crippen LogP contribution in [0.4, 0.5) is 8.78 Å². The molecule has 1 aliphatic heterocycles. The quantitative estimate of drug-likeness (QED) is 0.566. The molecule has 1 unspecified atom stereocenters. The Bertz CT molecular complexity index is 415. The van der Waals surface area contributed by atoms with Gasteiger partial charge in [0, 0.05) is 6.07 Å². The van der Waals surface area contributed by atoms with Crippen LogP contribution in [0.25, 0.3) is 0 Å². The number of hydrogen-bond donors (Lipinski definition) is 4. The average Bonchev–Trinajstić information content (AvgIpc) is 2.62. The molecule has 4 N–H and O–H groups in total. The molecule has 1 aliphatic rings. The summed E-state index contributed by atoms with van der Waals surface area (Å²) in [6.45, 7) is 1.18. The Kier molecular flexibility index (Phi) is 5.77. The van der Waals surface area contributed by atoms with E-state index in [2.05, 4.69) is 4.74 Å². The average molecular weight is 278 g/mol. The Hall–Kier alpha value is -1.12. The van der Waals surface area contributed by atoms with E-state index in [1.807, 2.05) is 0 Å². The second-order valence-corrected chi connectivity index (χ2v) is 4.12. The first kappa shape index (κ1) is 15.9. The minimum atomic E-state index is -1.38. The predicted octanol–water partition coefficient (Wildman–Crippen LogP) is -0.309. The van der Waals surface area contributed by atoms with Crippen molar-refractivity contribution in [2.75, 3.05) is 6.61 Å². The van der Waals surface area contributed by atoms with Gasteiger partial charge >= 0.3 is 0 Å². The van der Waals surface area contributed by atoms with Gasteiger partial charge in [-0.3, -0.25) is 0 Å². The number of halogens is 2. The molecule has 0 bridgehead atoms. The van der Waals surface area contributed by atoms with Gasteiger partial charge in [0.1, 0.15) is 29.9 Å². The van der Waals surface area contributed by atoms with E-state index in [1.165, 1.54) is 12.1 Å². The molecular formula is C12H16F2O5. The summed E-state index contributed by atoms with van der Waals surface area (Å²) in [6, 6.07) is 3.51. The van der Waals surface area contributed by atoms with Gasteiger partial charge in [-0.15, -0.1) is 0 Å². The normalized spacial score (nSPS) is 29.8. The van der Waals surface area contributed by atoms with Crippen LogP contribution in [0.2, 0.25) is 0 Å². The van der Waals surface area contributed by atoms with Gasteiger partial charge in [0.15, 0.2) is 6.29 Å². The minimum Gasteiger partial charge on any atom is -0.394 e. The maximum atomic E-state index is 12.3. The SMILES string of the molecule is Cc1ccc(F)cc1F.OC[C@H]1OC(O)[C@H](O)[C@@H]1O. The largest absolute Gasteiger partial charge is 0.394 e. The van der Waals surface area contributed by atoms with E-state index in [0.29, 0.717) is 5.56 Å². The maximum absolute atomic E-state index is 12.3. The fourth-order valence-electron chi connectivity index (χ4n) is 1.45. The van der Waals surface area contributed by atoms with Crippen molar-refractivity contribution in [3.8, 4) is 0 Å². The molecule has 0 saturated carbocycles. The molecule has 0 aliphatic carbocycles. The van der Waals surface area contributed by atoms with Crippen molar-refractivity contribution in [2.24, 2.45) is 0 Å². The second kappa shape index (κ2) is 6.88. The molecule has 4 atom stereocenters. The lowest BCUT2D eigenvalue weighted by Crippen LogP contribution is -2.33. The molecule has 1 fully saturated rings. The highest BCUT2D eigenvalue weighted by Crippen LogP contribution is 2.18. The fraction of sp³-hybridized carbons (Fsp3) is 0.500. The second-order valence-electron chi connectivity index (χ2n) is 4.12.